The number of aliphatic hydroxyl groups is 1. The van der Waals surface area contributed by atoms with Gasteiger partial charge in [0.25, 0.3) is 0 Å². The predicted molar refractivity (Wildman–Crippen MR) is 70.7 cm³/mol. The minimum absolute atomic E-state index is 0.554. The highest BCUT2D eigenvalue weighted by Crippen LogP contribution is 2.18. The van der Waals surface area contributed by atoms with Crippen molar-refractivity contribution in [2.45, 2.75) is 32.8 Å². The number of imidazole rings is 1. The van der Waals surface area contributed by atoms with E-state index in [1.54, 1.807) is 6.92 Å². The Balaban J connectivity index is 2.30. The number of nitrogens with zero attached hydrogens (tertiary/aromatic N) is 1. The number of hydrogen-bond donors (Lipinski definition) is 2. The van der Waals surface area contributed by atoms with Crippen LogP contribution in [0.4, 0.5) is 0 Å². The topological polar surface area (TPSA) is 48.9 Å². The van der Waals surface area contributed by atoms with Crippen LogP contribution >= 0.6 is 0 Å². The van der Waals surface area contributed by atoms with Gasteiger partial charge in [0, 0.05) is 0 Å². The van der Waals surface area contributed by atoms with Gasteiger partial charge in [0.15, 0.2) is 0 Å². The standard InChI is InChI=1S/C14H18N2O/c1-3-4-5-6-11-7-8-12-13(9-11)16-14(15-12)10(2)17/h5-10,17H,3-4H2,1-2H3,(H,15,16). The quantitative estimate of drug-likeness (QED) is 0.845. The Morgan fingerprint density at radius 1 is 1.47 bits per heavy atom. The lowest BCUT2D eigenvalue weighted by molar-refractivity contribution is 0.190. The SMILES string of the molecule is CCCC=Cc1ccc2nc(C(C)O)[nH]c2c1. The second-order valence-electron chi connectivity index (χ2n) is 4.27. The number of aliphatic hydroxyl groups excluding tert-OH is 1. The number of H-pyrrole nitrogens is 1. The number of allylic oxidation sites excluding steroid dienone is 1. The van der Waals surface area contributed by atoms with Gasteiger partial charge in [0.1, 0.15) is 11.9 Å². The maximum Gasteiger partial charge on any atom is 0.135 e. The first-order chi connectivity index (χ1) is 8.20. The summed E-state index contributed by atoms with van der Waals surface area (Å²) in [4.78, 5) is 7.45. The molecular formula is C14H18N2O. The van der Waals surface area contributed by atoms with E-state index in [0.717, 1.165) is 29.4 Å². The maximum absolute atomic E-state index is 9.46. The highest BCUT2D eigenvalue weighted by atomic mass is 16.3. The van der Waals surface area contributed by atoms with E-state index in [4.69, 9.17) is 0 Å². The molecule has 90 valence electrons. The molecule has 0 aliphatic heterocycles. The fourth-order valence-electron chi connectivity index (χ4n) is 1.73. The van der Waals surface area contributed by atoms with Gasteiger partial charge in [-0.15, -0.1) is 0 Å². The molecule has 1 atom stereocenters. The van der Waals surface area contributed by atoms with Gasteiger partial charge in [-0.25, -0.2) is 4.98 Å². The Morgan fingerprint density at radius 2 is 2.29 bits per heavy atom. The summed E-state index contributed by atoms with van der Waals surface area (Å²) in [6.45, 7) is 3.87. The molecule has 0 saturated heterocycles. The van der Waals surface area contributed by atoms with Crippen molar-refractivity contribution in [1.82, 2.24) is 9.97 Å². The van der Waals surface area contributed by atoms with Crippen molar-refractivity contribution in [3.63, 3.8) is 0 Å². The van der Waals surface area contributed by atoms with Crippen LogP contribution in [0, 0.1) is 0 Å². The fourth-order valence-corrected chi connectivity index (χ4v) is 1.73. The lowest BCUT2D eigenvalue weighted by Crippen LogP contribution is -1.92. The molecule has 2 rings (SSSR count). The Kier molecular flexibility index (Phi) is 3.59. The third-order valence-corrected chi connectivity index (χ3v) is 2.69. The van der Waals surface area contributed by atoms with Crippen LogP contribution in [-0.4, -0.2) is 15.1 Å². The summed E-state index contributed by atoms with van der Waals surface area (Å²) in [6, 6.07) is 6.07. The summed E-state index contributed by atoms with van der Waals surface area (Å²) in [6.07, 6.45) is 6.00. The van der Waals surface area contributed by atoms with Crippen LogP contribution in [0.2, 0.25) is 0 Å². The molecule has 0 aliphatic carbocycles. The monoisotopic (exact) mass is 230 g/mol. The second kappa shape index (κ2) is 5.15. The highest BCUT2D eigenvalue weighted by molar-refractivity contribution is 5.78. The lowest BCUT2D eigenvalue weighted by atomic mass is 10.1. The number of nitrogens with one attached hydrogen (secondary N) is 1. The summed E-state index contributed by atoms with van der Waals surface area (Å²) >= 11 is 0. The molecule has 17 heavy (non-hydrogen) atoms. The van der Waals surface area contributed by atoms with Crippen molar-refractivity contribution in [1.29, 1.82) is 0 Å². The molecule has 2 aromatic rings. The van der Waals surface area contributed by atoms with Gasteiger partial charge in [0.05, 0.1) is 11.0 Å². The second-order valence-corrected chi connectivity index (χ2v) is 4.27. The zero-order chi connectivity index (χ0) is 12.3. The minimum atomic E-state index is -0.554. The van der Waals surface area contributed by atoms with Gasteiger partial charge in [-0.3, -0.25) is 0 Å². The number of aromatic amines is 1. The average Bonchev–Trinajstić information content (AvgIpc) is 2.72. The van der Waals surface area contributed by atoms with E-state index < -0.39 is 6.10 Å². The summed E-state index contributed by atoms with van der Waals surface area (Å²) in [5, 5.41) is 9.46. The van der Waals surface area contributed by atoms with Crippen LogP contribution < -0.4 is 0 Å². The van der Waals surface area contributed by atoms with Crippen LogP contribution in [0.1, 0.15) is 44.2 Å². The molecule has 3 heteroatoms. The Labute approximate surface area is 101 Å². The van der Waals surface area contributed by atoms with Crippen molar-refractivity contribution < 1.29 is 5.11 Å². The van der Waals surface area contributed by atoms with Crippen LogP contribution in [-0.2, 0) is 0 Å². The smallest absolute Gasteiger partial charge is 0.135 e. The van der Waals surface area contributed by atoms with Gasteiger partial charge in [-0.1, -0.05) is 31.6 Å². The van der Waals surface area contributed by atoms with Crippen molar-refractivity contribution in [2.75, 3.05) is 0 Å². The van der Waals surface area contributed by atoms with Gasteiger partial charge >= 0.3 is 0 Å². The van der Waals surface area contributed by atoms with E-state index in [1.165, 1.54) is 0 Å². The van der Waals surface area contributed by atoms with Gasteiger partial charge in [-0.2, -0.15) is 0 Å². The normalized spacial score (nSPS) is 13.6. The van der Waals surface area contributed by atoms with Crippen molar-refractivity contribution in [3.05, 3.63) is 35.7 Å². The number of benzene rings is 1. The van der Waals surface area contributed by atoms with Crippen LogP contribution in [0.15, 0.2) is 24.3 Å². The number of hydrogen-bond acceptors (Lipinski definition) is 2. The highest BCUT2D eigenvalue weighted by Gasteiger charge is 2.07. The zero-order valence-corrected chi connectivity index (χ0v) is 10.3. The molecule has 0 radical (unpaired) electrons. The zero-order valence-electron chi connectivity index (χ0n) is 10.3. The summed E-state index contributed by atoms with van der Waals surface area (Å²) in [7, 11) is 0. The third-order valence-electron chi connectivity index (χ3n) is 2.69. The summed E-state index contributed by atoms with van der Waals surface area (Å²) in [5.74, 6) is 0.620. The van der Waals surface area contributed by atoms with Gasteiger partial charge in [-0.05, 0) is 31.0 Å². The van der Waals surface area contributed by atoms with E-state index in [9.17, 15) is 5.11 Å². The first-order valence-corrected chi connectivity index (χ1v) is 6.05. The molecule has 0 fully saturated rings. The average molecular weight is 230 g/mol. The largest absolute Gasteiger partial charge is 0.385 e. The van der Waals surface area contributed by atoms with Crippen LogP contribution in [0.25, 0.3) is 17.1 Å². The Hall–Kier alpha value is -1.61. The molecule has 2 N–H and O–H groups in total. The molecule has 1 aromatic carbocycles. The molecule has 0 bridgehead atoms. The minimum Gasteiger partial charge on any atom is -0.385 e. The molecule has 0 spiro atoms. The number of aromatic nitrogens is 2. The van der Waals surface area contributed by atoms with E-state index >= 15 is 0 Å². The number of rotatable bonds is 4. The molecule has 0 aliphatic rings. The predicted octanol–water partition coefficient (Wildman–Crippen LogP) is 3.43. The van der Waals surface area contributed by atoms with Crippen LogP contribution in [0.3, 0.4) is 0 Å². The molecule has 0 amide bonds. The summed E-state index contributed by atoms with van der Waals surface area (Å²) < 4.78 is 0. The Morgan fingerprint density at radius 3 is 3.00 bits per heavy atom. The lowest BCUT2D eigenvalue weighted by Gasteiger charge is -1.95. The Bertz CT molecular complexity index is 526. The van der Waals surface area contributed by atoms with E-state index in [-0.39, 0.29) is 0 Å². The van der Waals surface area contributed by atoms with Crippen molar-refractivity contribution in [3.8, 4) is 0 Å². The van der Waals surface area contributed by atoms with E-state index in [1.807, 2.05) is 12.1 Å². The van der Waals surface area contributed by atoms with Crippen LogP contribution in [0.5, 0.6) is 0 Å². The first kappa shape index (κ1) is 11.9. The molecule has 1 unspecified atom stereocenters. The molecule has 3 nitrogen and oxygen atoms in total. The van der Waals surface area contributed by atoms with Crippen molar-refractivity contribution >= 4 is 17.1 Å². The number of fused-ring (bicyclic) bond motifs is 1. The summed E-state index contributed by atoms with van der Waals surface area (Å²) in [5.41, 5.74) is 3.03. The van der Waals surface area contributed by atoms with Gasteiger partial charge < -0.3 is 10.1 Å². The van der Waals surface area contributed by atoms with Crippen molar-refractivity contribution in [2.24, 2.45) is 0 Å². The first-order valence-electron chi connectivity index (χ1n) is 6.05. The number of unbranched alkanes of at least 4 members (excludes halogenated alkanes) is 1. The third kappa shape index (κ3) is 2.74. The molecule has 0 saturated carbocycles. The fraction of sp³-hybridized carbons (Fsp3) is 0.357. The van der Waals surface area contributed by atoms with E-state index in [2.05, 4.69) is 35.1 Å². The molecular weight excluding hydrogens is 212 g/mol. The molecule has 1 aromatic heterocycles. The maximum atomic E-state index is 9.46. The van der Waals surface area contributed by atoms with E-state index in [0.29, 0.717) is 5.82 Å². The molecule has 1 heterocycles. The van der Waals surface area contributed by atoms with Gasteiger partial charge in [0.2, 0.25) is 0 Å².